The topological polar surface area (TPSA) is 98.2 Å². The molecular formula is C15H23N3O2. The molecule has 0 atom stereocenters. The second kappa shape index (κ2) is 8.19. The van der Waals surface area contributed by atoms with Gasteiger partial charge in [-0.05, 0) is 24.6 Å². The summed E-state index contributed by atoms with van der Waals surface area (Å²) in [5, 5.41) is 3.20. The molecule has 1 aromatic carbocycles. The van der Waals surface area contributed by atoms with E-state index in [1.165, 1.54) is 31.7 Å². The summed E-state index contributed by atoms with van der Waals surface area (Å²) in [6.07, 6.45) is 5.91. The Labute approximate surface area is 119 Å². The number of primary amides is 2. The Hall–Kier alpha value is -2.04. The number of hydrogen-bond donors (Lipinski definition) is 3. The lowest BCUT2D eigenvalue weighted by molar-refractivity contribution is 0.0999. The van der Waals surface area contributed by atoms with Crippen LogP contribution in [-0.2, 0) is 0 Å². The van der Waals surface area contributed by atoms with Gasteiger partial charge in [0.2, 0.25) is 11.8 Å². The molecule has 5 N–H and O–H groups in total. The van der Waals surface area contributed by atoms with Crippen LogP contribution in [0.2, 0.25) is 0 Å². The largest absolute Gasteiger partial charge is 0.385 e. The fourth-order valence-corrected chi connectivity index (χ4v) is 1.98. The summed E-state index contributed by atoms with van der Waals surface area (Å²) in [4.78, 5) is 22.4. The summed E-state index contributed by atoms with van der Waals surface area (Å²) in [6.45, 7) is 2.98. The van der Waals surface area contributed by atoms with E-state index in [9.17, 15) is 9.59 Å². The molecule has 1 aromatic rings. The Morgan fingerprint density at radius 2 is 1.50 bits per heavy atom. The van der Waals surface area contributed by atoms with Crippen LogP contribution in [0.15, 0.2) is 18.2 Å². The summed E-state index contributed by atoms with van der Waals surface area (Å²) >= 11 is 0. The van der Waals surface area contributed by atoms with Gasteiger partial charge in [-0.2, -0.15) is 0 Å². The van der Waals surface area contributed by atoms with E-state index in [-0.39, 0.29) is 11.1 Å². The third-order valence-corrected chi connectivity index (χ3v) is 3.11. The molecule has 110 valence electrons. The Morgan fingerprint density at radius 3 is 2.00 bits per heavy atom. The molecule has 0 aliphatic heterocycles. The Morgan fingerprint density at radius 1 is 0.950 bits per heavy atom. The summed E-state index contributed by atoms with van der Waals surface area (Å²) < 4.78 is 0. The molecule has 0 aliphatic carbocycles. The molecule has 0 aliphatic rings. The van der Waals surface area contributed by atoms with Crippen LogP contribution < -0.4 is 16.8 Å². The molecule has 0 saturated carbocycles. The van der Waals surface area contributed by atoms with Gasteiger partial charge in [0.25, 0.3) is 0 Å². The molecule has 5 nitrogen and oxygen atoms in total. The molecule has 2 amide bonds. The number of benzene rings is 1. The monoisotopic (exact) mass is 277 g/mol. The maximum Gasteiger partial charge on any atom is 0.248 e. The fourth-order valence-electron chi connectivity index (χ4n) is 1.98. The highest BCUT2D eigenvalue weighted by Crippen LogP contribution is 2.15. The minimum absolute atomic E-state index is 0.287. The van der Waals surface area contributed by atoms with E-state index in [0.717, 1.165) is 13.0 Å². The van der Waals surface area contributed by atoms with Gasteiger partial charge in [0.1, 0.15) is 0 Å². The van der Waals surface area contributed by atoms with Crippen LogP contribution in [0.4, 0.5) is 5.69 Å². The van der Waals surface area contributed by atoms with Crippen LogP contribution in [0.5, 0.6) is 0 Å². The van der Waals surface area contributed by atoms with Crippen molar-refractivity contribution in [2.24, 2.45) is 11.5 Å². The molecule has 1 rings (SSSR count). The van der Waals surface area contributed by atoms with Crippen LogP contribution >= 0.6 is 0 Å². The van der Waals surface area contributed by atoms with E-state index >= 15 is 0 Å². The van der Waals surface area contributed by atoms with E-state index < -0.39 is 11.8 Å². The van der Waals surface area contributed by atoms with E-state index in [4.69, 9.17) is 11.5 Å². The highest BCUT2D eigenvalue weighted by Gasteiger charge is 2.08. The molecule has 0 heterocycles. The van der Waals surface area contributed by atoms with Crippen LogP contribution in [0.1, 0.15) is 59.7 Å². The van der Waals surface area contributed by atoms with Gasteiger partial charge in [-0.25, -0.2) is 0 Å². The molecule has 0 saturated heterocycles. The quantitative estimate of drug-likeness (QED) is 0.604. The minimum atomic E-state index is -0.570. The minimum Gasteiger partial charge on any atom is -0.385 e. The van der Waals surface area contributed by atoms with E-state index in [0.29, 0.717) is 5.69 Å². The van der Waals surface area contributed by atoms with Gasteiger partial charge in [-0.1, -0.05) is 32.6 Å². The molecule has 0 bridgehead atoms. The SMILES string of the molecule is CCCCCCCNc1cc(C(N)=O)cc(C(N)=O)c1. The molecule has 0 radical (unpaired) electrons. The lowest BCUT2D eigenvalue weighted by atomic mass is 10.1. The summed E-state index contributed by atoms with van der Waals surface area (Å²) in [7, 11) is 0. The van der Waals surface area contributed by atoms with Gasteiger partial charge in [0, 0.05) is 23.4 Å². The highest BCUT2D eigenvalue weighted by atomic mass is 16.1. The highest BCUT2D eigenvalue weighted by molar-refractivity contribution is 5.99. The predicted octanol–water partition coefficient (Wildman–Crippen LogP) is 2.27. The number of unbranched alkanes of at least 4 members (excludes halogenated alkanes) is 4. The van der Waals surface area contributed by atoms with Gasteiger partial charge in [-0.15, -0.1) is 0 Å². The zero-order valence-corrected chi connectivity index (χ0v) is 11.9. The Balaban J connectivity index is 2.60. The molecular weight excluding hydrogens is 254 g/mol. The lowest BCUT2D eigenvalue weighted by Gasteiger charge is -2.09. The van der Waals surface area contributed by atoms with Gasteiger partial charge < -0.3 is 16.8 Å². The maximum absolute atomic E-state index is 11.2. The average molecular weight is 277 g/mol. The Bertz CT molecular complexity index is 440. The second-order valence-electron chi connectivity index (χ2n) is 4.87. The maximum atomic E-state index is 11.2. The summed E-state index contributed by atoms with van der Waals surface area (Å²) in [5.74, 6) is -1.14. The number of amides is 2. The first-order chi connectivity index (χ1) is 9.54. The standard InChI is InChI=1S/C15H23N3O2/c1-2-3-4-5-6-7-18-13-9-11(14(16)19)8-12(10-13)15(17)20/h8-10,18H,2-7H2,1H3,(H2,16,19)(H2,17,20). The summed E-state index contributed by atoms with van der Waals surface area (Å²) in [6, 6.07) is 4.69. The van der Waals surface area contributed by atoms with Crippen molar-refractivity contribution in [2.75, 3.05) is 11.9 Å². The van der Waals surface area contributed by atoms with Crippen LogP contribution in [0.3, 0.4) is 0 Å². The molecule has 0 aromatic heterocycles. The molecule has 20 heavy (non-hydrogen) atoms. The van der Waals surface area contributed by atoms with Gasteiger partial charge in [0.05, 0.1) is 0 Å². The predicted molar refractivity (Wildman–Crippen MR) is 80.7 cm³/mol. The van der Waals surface area contributed by atoms with Crippen molar-refractivity contribution in [1.82, 2.24) is 0 Å². The normalized spacial score (nSPS) is 10.2. The van der Waals surface area contributed by atoms with E-state index in [1.807, 2.05) is 0 Å². The smallest absolute Gasteiger partial charge is 0.248 e. The van der Waals surface area contributed by atoms with Crippen LogP contribution in [0, 0.1) is 0 Å². The van der Waals surface area contributed by atoms with Crippen molar-refractivity contribution >= 4 is 17.5 Å². The number of carbonyl (C=O) groups excluding carboxylic acids is 2. The number of rotatable bonds is 9. The lowest BCUT2D eigenvalue weighted by Crippen LogP contribution is -2.16. The average Bonchev–Trinajstić information content (AvgIpc) is 2.42. The number of anilines is 1. The zero-order valence-electron chi connectivity index (χ0n) is 11.9. The van der Waals surface area contributed by atoms with Crippen molar-refractivity contribution in [2.45, 2.75) is 39.0 Å². The number of carbonyl (C=O) groups is 2. The molecule has 0 spiro atoms. The van der Waals surface area contributed by atoms with Crippen molar-refractivity contribution < 1.29 is 9.59 Å². The fraction of sp³-hybridized carbons (Fsp3) is 0.467. The third-order valence-electron chi connectivity index (χ3n) is 3.11. The van der Waals surface area contributed by atoms with E-state index in [1.54, 1.807) is 12.1 Å². The number of hydrogen-bond acceptors (Lipinski definition) is 3. The van der Waals surface area contributed by atoms with Gasteiger partial charge >= 0.3 is 0 Å². The van der Waals surface area contributed by atoms with Gasteiger partial charge in [0.15, 0.2) is 0 Å². The van der Waals surface area contributed by atoms with E-state index in [2.05, 4.69) is 12.2 Å². The first-order valence-corrected chi connectivity index (χ1v) is 7.03. The van der Waals surface area contributed by atoms with Crippen LogP contribution in [-0.4, -0.2) is 18.4 Å². The van der Waals surface area contributed by atoms with Crippen molar-refractivity contribution in [3.05, 3.63) is 29.3 Å². The van der Waals surface area contributed by atoms with Crippen molar-refractivity contribution in [1.29, 1.82) is 0 Å². The van der Waals surface area contributed by atoms with Crippen LogP contribution in [0.25, 0.3) is 0 Å². The number of nitrogens with two attached hydrogens (primary N) is 2. The Kier molecular flexibility index (Phi) is 6.56. The first kappa shape index (κ1) is 16.0. The van der Waals surface area contributed by atoms with Gasteiger partial charge in [-0.3, -0.25) is 9.59 Å². The molecule has 0 unspecified atom stereocenters. The molecule has 5 heteroatoms. The third kappa shape index (κ3) is 5.30. The first-order valence-electron chi connectivity index (χ1n) is 7.03. The summed E-state index contributed by atoms with van der Waals surface area (Å²) in [5.41, 5.74) is 11.8. The zero-order chi connectivity index (χ0) is 15.0. The second-order valence-corrected chi connectivity index (χ2v) is 4.87. The van der Waals surface area contributed by atoms with Crippen molar-refractivity contribution in [3.8, 4) is 0 Å². The molecule has 0 fully saturated rings. The number of nitrogens with one attached hydrogen (secondary N) is 1. The van der Waals surface area contributed by atoms with Crippen molar-refractivity contribution in [3.63, 3.8) is 0 Å².